The lowest BCUT2D eigenvalue weighted by atomic mass is 9.89. The van der Waals surface area contributed by atoms with E-state index in [0.29, 0.717) is 19.6 Å². The summed E-state index contributed by atoms with van der Waals surface area (Å²) < 4.78 is 43.4. The Morgan fingerprint density at radius 2 is 1.75 bits per heavy atom. The number of alkyl halides is 3. The third kappa shape index (κ3) is 4.51. The molecule has 2 aromatic rings. The quantitative estimate of drug-likeness (QED) is 0.829. The Kier molecular flexibility index (Phi) is 5.89. The lowest BCUT2D eigenvalue weighted by Gasteiger charge is -2.19. The smallest absolute Gasteiger partial charge is 0.416 e. The molecule has 0 saturated heterocycles. The summed E-state index contributed by atoms with van der Waals surface area (Å²) in [5.74, 6) is 0.862. The highest BCUT2D eigenvalue weighted by molar-refractivity contribution is 5.38. The minimum Gasteiger partial charge on any atom is -0.494 e. The topological polar surface area (TPSA) is 35.2 Å². The summed E-state index contributed by atoms with van der Waals surface area (Å²) in [6, 6.07) is 11.1. The second kappa shape index (κ2) is 7.71. The highest BCUT2D eigenvalue weighted by Crippen LogP contribution is 2.31. The van der Waals surface area contributed by atoms with Crippen molar-refractivity contribution in [1.82, 2.24) is 0 Å². The summed E-state index contributed by atoms with van der Waals surface area (Å²) in [6.45, 7) is 4.95. The number of benzene rings is 2. The molecule has 130 valence electrons. The van der Waals surface area contributed by atoms with Crippen LogP contribution in [0.4, 0.5) is 13.2 Å². The van der Waals surface area contributed by atoms with Gasteiger partial charge < -0.3 is 10.5 Å². The minimum atomic E-state index is -4.31. The third-order valence-corrected chi connectivity index (χ3v) is 4.04. The molecule has 0 amide bonds. The number of nitrogens with two attached hydrogens (primary N) is 1. The van der Waals surface area contributed by atoms with Gasteiger partial charge in [0.1, 0.15) is 5.75 Å². The van der Waals surface area contributed by atoms with Crippen LogP contribution in [-0.4, -0.2) is 13.2 Å². The molecule has 0 saturated carbocycles. The Hall–Kier alpha value is -2.01. The van der Waals surface area contributed by atoms with E-state index in [2.05, 4.69) is 0 Å². The van der Waals surface area contributed by atoms with Crippen LogP contribution < -0.4 is 10.5 Å². The van der Waals surface area contributed by atoms with Crippen molar-refractivity contribution in [1.29, 1.82) is 0 Å². The zero-order chi connectivity index (χ0) is 17.7. The maximum Gasteiger partial charge on any atom is 0.416 e. The van der Waals surface area contributed by atoms with Crippen LogP contribution in [0.2, 0.25) is 0 Å². The highest BCUT2D eigenvalue weighted by Gasteiger charge is 2.30. The number of hydrogen-bond acceptors (Lipinski definition) is 2. The minimum absolute atomic E-state index is 0.0532. The molecule has 2 rings (SSSR count). The molecule has 2 nitrogen and oxygen atoms in total. The van der Waals surface area contributed by atoms with Crippen LogP contribution in [0.3, 0.4) is 0 Å². The number of ether oxygens (including phenoxy) is 1. The fraction of sp³-hybridized carbons (Fsp3) is 0.368. The predicted octanol–water partition coefficient (Wildman–Crippen LogP) is 4.70. The molecule has 0 aliphatic heterocycles. The molecule has 1 unspecified atom stereocenters. The second-order valence-electron chi connectivity index (χ2n) is 5.78. The average molecular weight is 337 g/mol. The van der Waals surface area contributed by atoms with Crippen molar-refractivity contribution < 1.29 is 17.9 Å². The zero-order valence-corrected chi connectivity index (χ0v) is 13.9. The first-order valence-electron chi connectivity index (χ1n) is 7.94. The molecule has 5 heteroatoms. The maximum atomic E-state index is 12.6. The molecule has 0 radical (unpaired) electrons. The van der Waals surface area contributed by atoms with E-state index in [1.165, 1.54) is 12.1 Å². The Morgan fingerprint density at radius 3 is 2.25 bits per heavy atom. The van der Waals surface area contributed by atoms with Crippen molar-refractivity contribution in [2.45, 2.75) is 32.4 Å². The first-order chi connectivity index (χ1) is 11.3. The molecule has 0 aromatic heterocycles. The molecule has 0 spiro atoms. The zero-order valence-electron chi connectivity index (χ0n) is 13.9. The van der Waals surface area contributed by atoms with E-state index in [9.17, 15) is 13.2 Å². The van der Waals surface area contributed by atoms with Gasteiger partial charge >= 0.3 is 6.18 Å². The maximum absolute atomic E-state index is 12.6. The van der Waals surface area contributed by atoms with Gasteiger partial charge in [-0.15, -0.1) is 0 Å². The van der Waals surface area contributed by atoms with Crippen molar-refractivity contribution in [3.8, 4) is 5.75 Å². The molecule has 0 bridgehead atoms. The van der Waals surface area contributed by atoms with Gasteiger partial charge in [-0.2, -0.15) is 13.2 Å². The molecule has 1 atom stereocenters. The van der Waals surface area contributed by atoms with E-state index >= 15 is 0 Å². The van der Waals surface area contributed by atoms with Gasteiger partial charge in [0.15, 0.2) is 0 Å². The van der Waals surface area contributed by atoms with E-state index in [-0.39, 0.29) is 5.92 Å². The van der Waals surface area contributed by atoms with E-state index in [1.54, 1.807) is 0 Å². The Balaban J connectivity index is 2.17. The van der Waals surface area contributed by atoms with Crippen LogP contribution in [0.25, 0.3) is 0 Å². The van der Waals surface area contributed by atoms with Crippen LogP contribution in [0, 0.1) is 6.92 Å². The predicted molar refractivity (Wildman–Crippen MR) is 89.3 cm³/mol. The van der Waals surface area contributed by atoms with Crippen molar-refractivity contribution in [2.24, 2.45) is 5.73 Å². The van der Waals surface area contributed by atoms with Crippen molar-refractivity contribution >= 4 is 0 Å². The van der Waals surface area contributed by atoms with Gasteiger partial charge in [-0.05, 0) is 67.8 Å². The molecule has 0 fully saturated rings. The standard InChI is InChI=1S/C19H22F3NO/c1-3-24-17-8-9-18(13(2)10-17)15(12-23)11-14-4-6-16(7-5-14)19(20,21)22/h4-10,15H,3,11-12,23H2,1-2H3. The van der Waals surface area contributed by atoms with Crippen LogP contribution in [0.1, 0.15) is 35.1 Å². The molecular weight excluding hydrogens is 315 g/mol. The number of aryl methyl sites for hydroxylation is 1. The van der Waals surface area contributed by atoms with Gasteiger partial charge in [-0.3, -0.25) is 0 Å². The van der Waals surface area contributed by atoms with Crippen LogP contribution in [-0.2, 0) is 12.6 Å². The summed E-state index contributed by atoms with van der Waals surface area (Å²) in [5, 5.41) is 0. The first kappa shape index (κ1) is 18.3. The average Bonchev–Trinajstić information content (AvgIpc) is 2.53. The van der Waals surface area contributed by atoms with Gasteiger partial charge in [-0.25, -0.2) is 0 Å². The van der Waals surface area contributed by atoms with Crippen LogP contribution in [0.5, 0.6) is 5.75 Å². The van der Waals surface area contributed by atoms with Gasteiger partial charge in [-0.1, -0.05) is 18.2 Å². The summed E-state index contributed by atoms with van der Waals surface area (Å²) in [7, 11) is 0. The Labute approximate surface area is 140 Å². The number of hydrogen-bond donors (Lipinski definition) is 1. The SMILES string of the molecule is CCOc1ccc(C(CN)Cc2ccc(C(F)(F)F)cc2)c(C)c1. The largest absolute Gasteiger partial charge is 0.494 e. The van der Waals surface area contributed by atoms with Gasteiger partial charge in [0, 0.05) is 5.92 Å². The Bertz CT molecular complexity index is 665. The normalized spacial score (nSPS) is 12.9. The molecule has 2 aromatic carbocycles. The molecule has 0 heterocycles. The van der Waals surface area contributed by atoms with E-state index < -0.39 is 11.7 Å². The van der Waals surface area contributed by atoms with Crippen LogP contribution in [0.15, 0.2) is 42.5 Å². The highest BCUT2D eigenvalue weighted by atomic mass is 19.4. The van der Waals surface area contributed by atoms with E-state index in [4.69, 9.17) is 10.5 Å². The first-order valence-corrected chi connectivity index (χ1v) is 7.94. The number of halogens is 3. The lowest BCUT2D eigenvalue weighted by molar-refractivity contribution is -0.137. The molecule has 2 N–H and O–H groups in total. The molecule has 24 heavy (non-hydrogen) atoms. The van der Waals surface area contributed by atoms with E-state index in [0.717, 1.165) is 34.6 Å². The molecule has 0 aliphatic carbocycles. The van der Waals surface area contributed by atoms with Crippen molar-refractivity contribution in [2.75, 3.05) is 13.2 Å². The fourth-order valence-electron chi connectivity index (χ4n) is 2.80. The summed E-state index contributed by atoms with van der Waals surface area (Å²) in [6.07, 6.45) is -3.71. The molecular formula is C19H22F3NO. The van der Waals surface area contributed by atoms with Crippen molar-refractivity contribution in [3.63, 3.8) is 0 Å². The number of rotatable bonds is 6. The van der Waals surface area contributed by atoms with Crippen LogP contribution >= 0.6 is 0 Å². The third-order valence-electron chi connectivity index (χ3n) is 4.04. The van der Waals surface area contributed by atoms with Gasteiger partial charge in [0.05, 0.1) is 12.2 Å². The fourth-order valence-corrected chi connectivity index (χ4v) is 2.80. The summed E-state index contributed by atoms with van der Waals surface area (Å²) in [5.41, 5.74) is 8.28. The monoisotopic (exact) mass is 337 g/mol. The second-order valence-corrected chi connectivity index (χ2v) is 5.78. The summed E-state index contributed by atoms with van der Waals surface area (Å²) >= 11 is 0. The summed E-state index contributed by atoms with van der Waals surface area (Å²) in [4.78, 5) is 0. The van der Waals surface area contributed by atoms with Gasteiger partial charge in [0.25, 0.3) is 0 Å². The van der Waals surface area contributed by atoms with Crippen molar-refractivity contribution in [3.05, 3.63) is 64.7 Å². The Morgan fingerprint density at radius 1 is 1.08 bits per heavy atom. The lowest BCUT2D eigenvalue weighted by Crippen LogP contribution is -2.16. The molecule has 0 aliphatic rings. The van der Waals surface area contributed by atoms with Gasteiger partial charge in [0.2, 0.25) is 0 Å². The van der Waals surface area contributed by atoms with E-state index in [1.807, 2.05) is 32.0 Å².